The first-order valence-corrected chi connectivity index (χ1v) is 32.0. The van der Waals surface area contributed by atoms with E-state index in [-0.39, 0.29) is 58.7 Å². The van der Waals surface area contributed by atoms with Crippen LogP contribution in [0.2, 0.25) is 0 Å². The molecule has 4 aromatic heterocycles. The van der Waals surface area contributed by atoms with Crippen molar-refractivity contribution in [1.82, 2.24) is 49.3 Å². The summed E-state index contributed by atoms with van der Waals surface area (Å²) in [4.78, 5) is 87.7. The molecule has 0 radical (unpaired) electrons. The molecule has 0 spiro atoms. The monoisotopic (exact) mass is 1390 g/mol. The van der Waals surface area contributed by atoms with Gasteiger partial charge in [-0.15, -0.1) is 0 Å². The first-order chi connectivity index (χ1) is 46.6. The van der Waals surface area contributed by atoms with Gasteiger partial charge in [-0.1, -0.05) is 149 Å². The summed E-state index contributed by atoms with van der Waals surface area (Å²) < 4.78 is 14.4. The third-order valence-electron chi connectivity index (χ3n) is 12.5. The Hall–Kier alpha value is -9.49. The molecule has 4 heterocycles. The highest BCUT2D eigenvalue weighted by molar-refractivity contribution is 6.67. The number of carboxylic acid groups (broad SMARTS) is 1. The maximum atomic E-state index is 10.8. The highest BCUT2D eigenvalue weighted by Crippen LogP contribution is 2.09. The van der Waals surface area contributed by atoms with E-state index < -0.39 is 11.2 Å². The van der Waals surface area contributed by atoms with E-state index in [1.807, 2.05) is 57.1 Å². The minimum absolute atomic E-state index is 0.0567. The van der Waals surface area contributed by atoms with Gasteiger partial charge in [0.05, 0.1) is 52.0 Å². The zero-order valence-electron chi connectivity index (χ0n) is 62.6. The van der Waals surface area contributed by atoms with Crippen molar-refractivity contribution in [2.45, 2.75) is 135 Å². The molecule has 0 saturated carbocycles. The molecule has 0 saturated heterocycles. The predicted molar refractivity (Wildman–Crippen MR) is 397 cm³/mol. The number of methoxy groups -OCH3 is 2. The van der Waals surface area contributed by atoms with Gasteiger partial charge in [0.15, 0.2) is 23.1 Å². The number of nitrogens with two attached hydrogens (primary N) is 2. The van der Waals surface area contributed by atoms with Gasteiger partial charge in [0, 0.05) is 79.9 Å². The van der Waals surface area contributed by atoms with E-state index in [1.54, 1.807) is 96.9 Å². The Morgan fingerprint density at radius 2 is 0.808 bits per heavy atom. The van der Waals surface area contributed by atoms with Gasteiger partial charge in [-0.3, -0.25) is 69.3 Å². The molecule has 0 aliphatic carbocycles. The number of benzene rings is 4. The standard InChI is InChI=1S/C8H13NO2.4C8H10.C7H10N2O.C6H7ClN2O.C6H8N2O2.C6H8N2O.C5H13NO2.C5H8O2.H4N2/c1-6(10)8(7(2)11)5-9(3)4;4*1-2-8-6-4-3-5-7-8;1-5-7(6(2)10)4-9(3)8-5;1-4-5(6(7)10)3-9(2)8-4;1-4-5(6(9)10)3-8(2)7-4;1-4-6(5(2)9)3-7-8-4;1-6(2)5(7-3)8-4;1-4(6)3-5(2)7;1-2/h5H,1-4H3;4*3-7H,2H2,1H3;4H,1-3H3;3H,1-2H3;3H,1-2H3,(H,9,10);3H,1-2H3,(H,7,8);5H,1-4H3;3H2,1-2H3;1-2H2. The van der Waals surface area contributed by atoms with Crippen LogP contribution in [-0.4, -0.2) is 149 Å². The van der Waals surface area contributed by atoms with Crippen molar-refractivity contribution >= 4 is 57.5 Å². The average molecular weight is 1390 g/mol. The molecule has 0 bridgehead atoms. The summed E-state index contributed by atoms with van der Waals surface area (Å²) in [5.41, 5.74) is 10.9. The number of H-pyrrole nitrogens is 1. The van der Waals surface area contributed by atoms with Crippen LogP contribution in [0.5, 0.6) is 0 Å². The average Bonchev–Trinajstić information content (AvgIpc) is 1.77. The smallest absolute Gasteiger partial charge is 0.339 e. The van der Waals surface area contributed by atoms with Crippen molar-refractivity contribution in [2.24, 2.45) is 32.8 Å². The van der Waals surface area contributed by atoms with E-state index >= 15 is 0 Å². The fourth-order valence-electron chi connectivity index (χ4n) is 7.66. The Morgan fingerprint density at radius 1 is 0.515 bits per heavy atom. The number of ether oxygens (including phenoxy) is 2. The van der Waals surface area contributed by atoms with Crippen LogP contribution in [0.3, 0.4) is 0 Å². The lowest BCUT2D eigenvalue weighted by Crippen LogP contribution is -2.30. The number of allylic oxidation sites excluding steroid dienone is 1. The SMILES string of the molecule is CC(=O)C(=CN(C)C)C(C)=O.CC(=O)CC(C)=O.CC(=O)c1cn(C)nc1C.CC(=O)c1cn[nH]c1C.CCc1ccccc1.CCc1ccccc1.CCc1ccccc1.CCc1ccccc1.COC(OC)N(C)C.Cc1nn(C)cc1C(=O)Cl.Cc1nn(C)cc1C(=O)O.NN. The normalized spacial score (nSPS) is 9.33. The molecule has 8 rings (SSSR count). The van der Waals surface area contributed by atoms with E-state index in [2.05, 4.69) is 162 Å². The number of halogens is 1. The van der Waals surface area contributed by atoms with Gasteiger partial charge in [0.2, 0.25) is 6.41 Å². The Balaban J connectivity index is -0.000000501. The molecule has 0 amide bonds. The molecular formula is C75H111ClN12O11. The van der Waals surface area contributed by atoms with Gasteiger partial charge in [0.25, 0.3) is 5.24 Å². The van der Waals surface area contributed by atoms with Crippen LogP contribution in [-0.2, 0) is 75.5 Å². The van der Waals surface area contributed by atoms with Gasteiger partial charge < -0.3 is 19.5 Å². The molecule has 0 unspecified atom stereocenters. The number of hydrogen-bond acceptors (Lipinski definition) is 18. The lowest BCUT2D eigenvalue weighted by Gasteiger charge is -2.19. The second kappa shape index (κ2) is 57.6. The van der Waals surface area contributed by atoms with Gasteiger partial charge in [-0.2, -0.15) is 20.4 Å². The highest BCUT2D eigenvalue weighted by atomic mass is 35.5. The van der Waals surface area contributed by atoms with Crippen LogP contribution >= 0.6 is 11.6 Å². The molecular weight excluding hydrogens is 1280 g/mol. The first kappa shape index (κ1) is 95.9. The maximum absolute atomic E-state index is 10.8. The number of hydrogen-bond donors (Lipinski definition) is 4. The fourth-order valence-corrected chi connectivity index (χ4v) is 7.85. The molecule has 4 aromatic carbocycles. The largest absolute Gasteiger partial charge is 0.478 e. The number of nitrogens with zero attached hydrogens (tertiary/aromatic N) is 9. The van der Waals surface area contributed by atoms with Crippen molar-refractivity contribution < 1.29 is 52.9 Å². The topological polar surface area (TPSA) is 316 Å². The Morgan fingerprint density at radius 3 is 0.909 bits per heavy atom. The lowest BCUT2D eigenvalue weighted by molar-refractivity contribution is -0.179. The van der Waals surface area contributed by atoms with E-state index in [4.69, 9.17) is 26.2 Å². The number of nitrogens with one attached hydrogen (secondary N) is 1. The molecule has 6 N–H and O–H groups in total. The van der Waals surface area contributed by atoms with Crippen molar-refractivity contribution in [3.05, 3.63) is 225 Å². The molecule has 24 heteroatoms. The number of hydrazine groups is 1. The summed E-state index contributed by atoms with van der Waals surface area (Å²) in [7, 11) is 15.8. The summed E-state index contributed by atoms with van der Waals surface area (Å²) in [6, 6.07) is 41.8. The Kier molecular flexibility index (Phi) is 55.8. The van der Waals surface area contributed by atoms with Gasteiger partial charge >= 0.3 is 5.97 Å². The minimum atomic E-state index is -0.925. The van der Waals surface area contributed by atoms with E-state index in [0.717, 1.165) is 37.1 Å². The molecule has 0 atom stereocenters. The summed E-state index contributed by atoms with van der Waals surface area (Å²) in [6.45, 7) is 24.4. The van der Waals surface area contributed by atoms with Crippen LogP contribution in [0.1, 0.15) is 162 Å². The quantitative estimate of drug-likeness (QED) is 0.0102. The first-order valence-electron chi connectivity index (χ1n) is 31.6. The molecule has 23 nitrogen and oxygen atoms in total. The van der Waals surface area contributed by atoms with Crippen molar-refractivity contribution in [3.8, 4) is 0 Å². The number of aromatic carboxylic acids is 1. The molecule has 8 aromatic rings. The second-order valence-corrected chi connectivity index (χ2v) is 22.1. The number of carboxylic acids is 1. The number of ketones is 6. The summed E-state index contributed by atoms with van der Waals surface area (Å²) in [5, 5.41) is 26.3. The van der Waals surface area contributed by atoms with Crippen LogP contribution in [0.15, 0.2) is 158 Å². The number of aromatic amines is 1. The van der Waals surface area contributed by atoms with E-state index in [0.29, 0.717) is 28.1 Å². The third-order valence-corrected chi connectivity index (χ3v) is 12.7. The number of Topliss-reactive ketones (excluding diaryl/α,β-unsaturated/α-hetero) is 6. The number of carbonyl (C=O) groups excluding carboxylic acids is 7. The Labute approximate surface area is 592 Å². The zero-order chi connectivity index (χ0) is 76.8. The van der Waals surface area contributed by atoms with Crippen molar-refractivity contribution in [2.75, 3.05) is 42.4 Å². The highest BCUT2D eigenvalue weighted by Gasteiger charge is 2.11. The van der Waals surface area contributed by atoms with E-state index in [1.165, 1.54) is 80.1 Å². The molecule has 544 valence electrons. The van der Waals surface area contributed by atoms with Crippen LogP contribution in [0, 0.1) is 27.7 Å². The van der Waals surface area contributed by atoms with Gasteiger partial charge in [0.1, 0.15) is 17.1 Å². The van der Waals surface area contributed by atoms with Crippen LogP contribution < -0.4 is 11.7 Å². The van der Waals surface area contributed by atoms with Crippen LogP contribution in [0.25, 0.3) is 0 Å². The third kappa shape index (κ3) is 48.8. The predicted octanol–water partition coefficient (Wildman–Crippen LogP) is 12.5. The fraction of sp³-hybridized carbons (Fsp3) is 0.387. The van der Waals surface area contributed by atoms with Crippen LogP contribution in [0.4, 0.5) is 0 Å². The molecule has 99 heavy (non-hydrogen) atoms. The zero-order valence-corrected chi connectivity index (χ0v) is 63.4. The van der Waals surface area contributed by atoms with E-state index in [9.17, 15) is 38.4 Å². The van der Waals surface area contributed by atoms with Crippen molar-refractivity contribution in [1.29, 1.82) is 0 Å². The number of aromatic nitrogens is 8. The van der Waals surface area contributed by atoms with Gasteiger partial charge in [-0.05, 0) is 143 Å². The molecule has 0 aliphatic heterocycles. The number of aryl methyl sites for hydroxylation is 11. The summed E-state index contributed by atoms with van der Waals surface area (Å²) in [6.07, 6.45) is 12.3. The van der Waals surface area contributed by atoms with Crippen molar-refractivity contribution in [3.63, 3.8) is 0 Å². The molecule has 0 fully saturated rings. The number of carbonyl (C=O) groups is 8. The minimum Gasteiger partial charge on any atom is -0.478 e. The Bertz CT molecular complexity index is 3220. The van der Waals surface area contributed by atoms with Gasteiger partial charge in [-0.25, -0.2) is 4.79 Å². The number of rotatable bonds is 16. The molecule has 0 aliphatic rings. The summed E-state index contributed by atoms with van der Waals surface area (Å²) in [5.74, 6) is 6.70. The summed E-state index contributed by atoms with van der Waals surface area (Å²) >= 11 is 5.23. The maximum Gasteiger partial charge on any atom is 0.339 e. The second-order valence-electron chi connectivity index (χ2n) is 21.8. The lowest BCUT2D eigenvalue weighted by atomic mass is 10.1.